The number of esters is 1. The van der Waals surface area contributed by atoms with Crippen molar-refractivity contribution >= 4 is 11.7 Å². The number of hydrogen-bond acceptors (Lipinski definition) is 8. The second-order valence-corrected chi connectivity index (χ2v) is 14.6. The van der Waals surface area contributed by atoms with Crippen LogP contribution in [0.1, 0.15) is 97.5 Å². The Morgan fingerprint density at radius 3 is 2.33 bits per heavy atom. The molecule has 274 valence electrons. The van der Waals surface area contributed by atoms with E-state index in [-0.39, 0.29) is 34.0 Å². The monoisotopic (exact) mass is 704 g/mol. The maximum absolute atomic E-state index is 13.3. The molecule has 9 heteroatoms. The van der Waals surface area contributed by atoms with E-state index in [0.29, 0.717) is 24.1 Å². The lowest BCUT2D eigenvalue weighted by molar-refractivity contribution is -0.385. The van der Waals surface area contributed by atoms with Gasteiger partial charge in [0.15, 0.2) is 0 Å². The quantitative estimate of drug-likeness (QED) is 0.0604. The van der Waals surface area contributed by atoms with Gasteiger partial charge in [0.05, 0.1) is 28.3 Å². The summed E-state index contributed by atoms with van der Waals surface area (Å²) in [5.74, 6) is -0.574. The van der Waals surface area contributed by atoms with E-state index in [1.807, 2.05) is 13.0 Å². The molecule has 9 nitrogen and oxygen atoms in total. The van der Waals surface area contributed by atoms with E-state index in [1.165, 1.54) is 17.2 Å². The number of rotatable bonds is 14. The van der Waals surface area contributed by atoms with Gasteiger partial charge in [-0.2, -0.15) is 0 Å². The molecular formula is C43H52N4O5. The molecule has 2 saturated heterocycles. The van der Waals surface area contributed by atoms with Crippen molar-refractivity contribution in [1.29, 1.82) is 0 Å². The molecule has 3 aromatic carbocycles. The van der Waals surface area contributed by atoms with Crippen molar-refractivity contribution < 1.29 is 19.2 Å². The zero-order chi connectivity index (χ0) is 36.5. The number of pyridine rings is 1. The van der Waals surface area contributed by atoms with Crippen molar-refractivity contribution in [2.24, 2.45) is 11.7 Å². The first-order valence-electron chi connectivity index (χ1n) is 18.9. The van der Waals surface area contributed by atoms with Crippen LogP contribution in [-0.2, 0) is 21.3 Å². The first-order chi connectivity index (χ1) is 25.3. The van der Waals surface area contributed by atoms with Gasteiger partial charge in [-0.1, -0.05) is 99.5 Å². The van der Waals surface area contributed by atoms with Gasteiger partial charge in [-0.05, 0) is 92.9 Å². The van der Waals surface area contributed by atoms with E-state index >= 15 is 0 Å². The number of nitro groups is 1. The normalized spacial score (nSPS) is 22.4. The number of aromatic nitrogens is 1. The Labute approximate surface area is 307 Å². The first kappa shape index (κ1) is 37.3. The number of nitro benzene ring substituents is 1. The molecule has 3 heterocycles. The Bertz CT molecular complexity index is 1720. The van der Waals surface area contributed by atoms with E-state index in [0.717, 1.165) is 63.7 Å². The zero-order valence-electron chi connectivity index (χ0n) is 30.4. The molecule has 0 radical (unpaired) electrons. The van der Waals surface area contributed by atoms with Crippen molar-refractivity contribution in [3.63, 3.8) is 0 Å². The summed E-state index contributed by atoms with van der Waals surface area (Å²) in [5, 5.41) is 11.6. The van der Waals surface area contributed by atoms with E-state index in [1.54, 1.807) is 30.5 Å². The molecule has 2 fully saturated rings. The van der Waals surface area contributed by atoms with E-state index in [9.17, 15) is 14.9 Å². The summed E-state index contributed by atoms with van der Waals surface area (Å²) in [6.45, 7) is 7.32. The van der Waals surface area contributed by atoms with Crippen LogP contribution in [0.25, 0.3) is 0 Å². The molecule has 2 aliphatic rings. The summed E-state index contributed by atoms with van der Waals surface area (Å²) < 4.78 is 12.5. The highest BCUT2D eigenvalue weighted by Crippen LogP contribution is 2.42. The van der Waals surface area contributed by atoms with E-state index in [4.69, 9.17) is 15.2 Å². The Balaban J connectivity index is 1.06. The lowest BCUT2D eigenvalue weighted by Crippen LogP contribution is -2.51. The van der Waals surface area contributed by atoms with Gasteiger partial charge in [-0.15, -0.1) is 0 Å². The van der Waals surface area contributed by atoms with E-state index in [2.05, 4.69) is 77.5 Å². The van der Waals surface area contributed by atoms with Gasteiger partial charge in [0, 0.05) is 29.7 Å². The predicted octanol–water partition coefficient (Wildman–Crippen LogP) is 8.21. The third kappa shape index (κ3) is 8.60. The third-order valence-electron chi connectivity index (χ3n) is 11.3. The van der Waals surface area contributed by atoms with Gasteiger partial charge in [-0.3, -0.25) is 15.1 Å². The highest BCUT2D eigenvalue weighted by atomic mass is 16.7. The molecule has 2 N–H and O–H groups in total. The average Bonchev–Trinajstić information content (AvgIpc) is 3.19. The lowest BCUT2D eigenvalue weighted by atomic mass is 9.68. The summed E-state index contributed by atoms with van der Waals surface area (Å²) in [4.78, 5) is 31.5. The second-order valence-electron chi connectivity index (χ2n) is 14.6. The standard InChI is InChI=1S/C43H52N4O5/c1-3-39-36(22-14-25-45-39)41(48)52-42-38(44)30-37(32-16-13-21-35(29-32)47(49)50)40(51-42)31(2)15-7-6-12-26-46-27-23-43(24-28-46,33-17-8-4-9-18-33)34-19-10-5-11-20-34/h4-5,8-11,13-14,16-22,25,29,31,37-38,40,42H,3,6-7,12,15,23-24,26-28,30,44H2,1-2H3. The minimum Gasteiger partial charge on any atom is -0.430 e. The maximum atomic E-state index is 13.3. The molecule has 6 rings (SSSR count). The van der Waals surface area contributed by atoms with Crippen LogP contribution in [0.2, 0.25) is 0 Å². The zero-order valence-corrected chi connectivity index (χ0v) is 30.4. The molecule has 2 aliphatic heterocycles. The smallest absolute Gasteiger partial charge is 0.342 e. The van der Waals surface area contributed by atoms with Gasteiger partial charge >= 0.3 is 5.97 Å². The summed E-state index contributed by atoms with van der Waals surface area (Å²) in [6.07, 6.45) is 7.83. The molecule has 0 amide bonds. The van der Waals surface area contributed by atoms with Gasteiger partial charge in [0.2, 0.25) is 6.29 Å². The number of non-ortho nitro benzene ring substituents is 1. The number of carbonyl (C=O) groups excluding carboxylic acids is 1. The topological polar surface area (TPSA) is 121 Å². The molecule has 52 heavy (non-hydrogen) atoms. The number of likely N-dealkylation sites (tertiary alicyclic amines) is 1. The summed E-state index contributed by atoms with van der Waals surface area (Å²) in [5.41, 5.74) is 11.4. The Kier molecular flexibility index (Phi) is 12.5. The Hall–Kier alpha value is -4.44. The predicted molar refractivity (Wildman–Crippen MR) is 203 cm³/mol. The summed E-state index contributed by atoms with van der Waals surface area (Å²) in [6, 6.07) is 31.5. The Morgan fingerprint density at radius 2 is 1.67 bits per heavy atom. The number of ether oxygens (including phenoxy) is 2. The number of carbonyl (C=O) groups is 1. The second kappa shape index (κ2) is 17.4. The minimum atomic E-state index is -0.933. The summed E-state index contributed by atoms with van der Waals surface area (Å²) in [7, 11) is 0. The van der Waals surface area contributed by atoms with Crippen molar-refractivity contribution in [2.75, 3.05) is 19.6 Å². The number of nitrogens with two attached hydrogens (primary N) is 1. The van der Waals surface area contributed by atoms with Crippen LogP contribution in [0.4, 0.5) is 5.69 Å². The number of piperidine rings is 1. The van der Waals surface area contributed by atoms with Crippen LogP contribution in [0.5, 0.6) is 0 Å². The number of nitrogens with zero attached hydrogens (tertiary/aromatic N) is 3. The van der Waals surface area contributed by atoms with Gasteiger partial charge in [0.1, 0.15) is 0 Å². The van der Waals surface area contributed by atoms with Crippen molar-refractivity contribution in [3.05, 3.63) is 141 Å². The number of benzene rings is 3. The molecule has 4 aromatic rings. The van der Waals surface area contributed by atoms with E-state index < -0.39 is 18.3 Å². The fourth-order valence-electron chi connectivity index (χ4n) is 8.36. The fraction of sp³-hybridized carbons (Fsp3) is 0.442. The molecule has 5 atom stereocenters. The number of aryl methyl sites for hydroxylation is 1. The first-order valence-corrected chi connectivity index (χ1v) is 18.9. The molecule has 5 unspecified atom stereocenters. The minimum absolute atomic E-state index is 0.0391. The highest BCUT2D eigenvalue weighted by Gasteiger charge is 2.42. The molecular weight excluding hydrogens is 652 g/mol. The SMILES string of the molecule is CCc1ncccc1C(=O)OC1OC(C(C)CCCCCN2CCC(c3ccccc3)(c3ccccc3)CC2)C(c2cccc([N+](=O)[O-])c2)CC1N. The van der Waals surface area contributed by atoms with Gasteiger partial charge in [-0.25, -0.2) is 4.79 Å². The molecule has 0 spiro atoms. The maximum Gasteiger partial charge on any atom is 0.342 e. The largest absolute Gasteiger partial charge is 0.430 e. The molecule has 0 aliphatic carbocycles. The average molecular weight is 705 g/mol. The van der Waals surface area contributed by atoms with Crippen LogP contribution < -0.4 is 5.73 Å². The van der Waals surface area contributed by atoms with Crippen molar-refractivity contribution in [2.45, 2.75) is 95.0 Å². The number of unbranched alkanes of at least 4 members (excludes halogenated alkanes) is 2. The van der Waals surface area contributed by atoms with Crippen LogP contribution in [0.3, 0.4) is 0 Å². The third-order valence-corrected chi connectivity index (χ3v) is 11.3. The van der Waals surface area contributed by atoms with Crippen molar-refractivity contribution in [1.82, 2.24) is 9.88 Å². The summed E-state index contributed by atoms with van der Waals surface area (Å²) >= 11 is 0. The molecule has 0 bridgehead atoms. The number of hydrogen-bond donors (Lipinski definition) is 1. The lowest BCUT2D eigenvalue weighted by Gasteiger charge is -2.43. The van der Waals surface area contributed by atoms with Gasteiger partial charge < -0.3 is 20.1 Å². The highest BCUT2D eigenvalue weighted by molar-refractivity contribution is 5.90. The van der Waals surface area contributed by atoms with Crippen LogP contribution >= 0.6 is 0 Å². The molecule has 1 aromatic heterocycles. The Morgan fingerprint density at radius 1 is 0.981 bits per heavy atom. The molecule has 0 saturated carbocycles. The van der Waals surface area contributed by atoms with Crippen LogP contribution in [-0.4, -0.2) is 58.8 Å². The van der Waals surface area contributed by atoms with Crippen LogP contribution in [0, 0.1) is 16.0 Å². The van der Waals surface area contributed by atoms with Crippen LogP contribution in [0.15, 0.2) is 103 Å². The van der Waals surface area contributed by atoms with Gasteiger partial charge in [0.25, 0.3) is 5.69 Å². The fourth-order valence-corrected chi connectivity index (χ4v) is 8.36. The van der Waals surface area contributed by atoms with Crippen molar-refractivity contribution in [3.8, 4) is 0 Å².